The summed E-state index contributed by atoms with van der Waals surface area (Å²) in [5.41, 5.74) is 0.0808. The molecular weight excluding hydrogens is 439 g/mol. The summed E-state index contributed by atoms with van der Waals surface area (Å²) >= 11 is 0. The highest BCUT2D eigenvalue weighted by atomic mass is 19.3. The first kappa shape index (κ1) is 30.4. The fourth-order valence-corrected chi connectivity index (χ4v) is 3.50. The monoisotopic (exact) mass is 475 g/mol. The Bertz CT molecular complexity index is 762. The average Bonchev–Trinajstić information content (AvgIpc) is 2.78. The molecule has 1 saturated heterocycles. The van der Waals surface area contributed by atoms with Crippen LogP contribution in [0.1, 0.15) is 58.4 Å². The van der Waals surface area contributed by atoms with Crippen molar-refractivity contribution in [2.24, 2.45) is 0 Å². The minimum atomic E-state index is -3.28. The number of nitrogens with one attached hydrogen (secondary N) is 2. The molecule has 33 heavy (non-hydrogen) atoms. The number of carboxylic acid groups (broad SMARTS) is 1. The topological polar surface area (TPSA) is 98.7 Å². The van der Waals surface area contributed by atoms with Crippen LogP contribution in [-0.2, 0) is 14.4 Å². The predicted octanol–water partition coefficient (Wildman–Crippen LogP) is 3.89. The lowest BCUT2D eigenvalue weighted by atomic mass is 9.85. The summed E-state index contributed by atoms with van der Waals surface area (Å²) in [5.74, 6) is -7.06. The second kappa shape index (κ2) is 15.3. The van der Waals surface area contributed by atoms with Crippen LogP contribution < -0.4 is 10.6 Å². The Morgan fingerprint density at radius 2 is 1.91 bits per heavy atom. The molecule has 0 aromatic heterocycles. The summed E-state index contributed by atoms with van der Waals surface area (Å²) in [6.07, 6.45) is 0.920. The maximum atomic E-state index is 14.6. The van der Waals surface area contributed by atoms with E-state index in [1.54, 1.807) is 0 Å². The van der Waals surface area contributed by atoms with Gasteiger partial charge in [0, 0.05) is 19.2 Å². The van der Waals surface area contributed by atoms with Crippen molar-refractivity contribution in [2.45, 2.75) is 64.8 Å². The van der Waals surface area contributed by atoms with Crippen molar-refractivity contribution >= 4 is 23.9 Å². The van der Waals surface area contributed by atoms with Gasteiger partial charge in [0.15, 0.2) is 0 Å². The van der Waals surface area contributed by atoms with Gasteiger partial charge in [-0.05, 0) is 37.1 Å². The second-order valence-corrected chi connectivity index (χ2v) is 7.00. The van der Waals surface area contributed by atoms with Crippen LogP contribution in [0.25, 0.3) is 0 Å². The van der Waals surface area contributed by atoms with E-state index in [-0.39, 0.29) is 43.0 Å². The highest BCUT2D eigenvalue weighted by Gasteiger charge is 2.46. The number of hydrogen-bond acceptors (Lipinski definition) is 5. The first-order chi connectivity index (χ1) is 15.7. The Kier molecular flexibility index (Phi) is 14.0. The summed E-state index contributed by atoms with van der Waals surface area (Å²) in [5, 5.41) is 14.0. The summed E-state index contributed by atoms with van der Waals surface area (Å²) in [6.45, 7) is 6.87. The van der Waals surface area contributed by atoms with Crippen LogP contribution in [0.2, 0.25) is 0 Å². The zero-order valence-corrected chi connectivity index (χ0v) is 20.0. The molecule has 1 aromatic rings. The number of rotatable bonds is 9. The molecule has 1 aromatic carbocycles. The summed E-state index contributed by atoms with van der Waals surface area (Å²) in [4.78, 5) is 34.3. The number of aldehydes is 1. The van der Waals surface area contributed by atoms with Crippen LogP contribution in [0.3, 0.4) is 0 Å². The molecule has 10 heteroatoms. The van der Waals surface area contributed by atoms with Crippen LogP contribution in [0.15, 0.2) is 18.2 Å². The molecule has 1 fully saturated rings. The van der Waals surface area contributed by atoms with Gasteiger partial charge in [0.2, 0.25) is 5.91 Å². The number of hydrogen-bond donors (Lipinski definition) is 3. The minimum Gasteiger partial charge on any atom is -0.480 e. The van der Waals surface area contributed by atoms with Gasteiger partial charge in [-0.15, -0.1) is 0 Å². The van der Waals surface area contributed by atoms with Crippen molar-refractivity contribution < 1.29 is 32.7 Å². The van der Waals surface area contributed by atoms with E-state index in [2.05, 4.69) is 10.6 Å². The third-order valence-corrected chi connectivity index (χ3v) is 4.89. The fraction of sp³-hybridized carbons (Fsp3) is 0.609. The second-order valence-electron chi connectivity index (χ2n) is 7.00. The molecular formula is C23H36F3N3O4. The molecule has 0 saturated carbocycles. The third-order valence-electron chi connectivity index (χ3n) is 4.89. The first-order valence-corrected chi connectivity index (χ1v) is 11.2. The molecule has 0 radical (unpaired) electrons. The van der Waals surface area contributed by atoms with Crippen molar-refractivity contribution in [1.82, 2.24) is 10.2 Å². The molecule has 0 spiro atoms. The van der Waals surface area contributed by atoms with Crippen LogP contribution in [-0.4, -0.2) is 66.8 Å². The van der Waals surface area contributed by atoms with Crippen molar-refractivity contribution in [3.05, 3.63) is 29.6 Å². The normalized spacial score (nSPS) is 17.9. The van der Waals surface area contributed by atoms with Crippen LogP contribution in [0, 0.1) is 5.82 Å². The van der Waals surface area contributed by atoms with E-state index in [0.717, 1.165) is 11.0 Å². The highest BCUT2D eigenvalue weighted by Crippen LogP contribution is 2.41. The fourth-order valence-electron chi connectivity index (χ4n) is 3.50. The highest BCUT2D eigenvalue weighted by molar-refractivity contribution is 5.84. The lowest BCUT2D eigenvalue weighted by Crippen LogP contribution is -2.49. The number of carbonyl (C=O) groups excluding carboxylic acids is 2. The number of anilines is 1. The lowest BCUT2D eigenvalue weighted by Gasteiger charge is -2.38. The minimum absolute atomic E-state index is 0.0792. The Hall–Kier alpha value is -2.62. The number of piperidine rings is 1. The molecule has 2 unspecified atom stereocenters. The van der Waals surface area contributed by atoms with Gasteiger partial charge in [0.25, 0.3) is 5.92 Å². The van der Waals surface area contributed by atoms with Crippen LogP contribution in [0.4, 0.5) is 18.9 Å². The van der Waals surface area contributed by atoms with E-state index in [4.69, 9.17) is 5.11 Å². The van der Waals surface area contributed by atoms with Crippen LogP contribution >= 0.6 is 0 Å². The van der Waals surface area contributed by atoms with Gasteiger partial charge in [-0.25, -0.2) is 13.2 Å². The number of likely N-dealkylation sites (tertiary alicyclic amines) is 1. The first-order valence-electron chi connectivity index (χ1n) is 11.2. The van der Waals surface area contributed by atoms with Crippen LogP contribution in [0.5, 0.6) is 0 Å². The van der Waals surface area contributed by atoms with Crippen molar-refractivity contribution in [2.75, 3.05) is 32.0 Å². The van der Waals surface area contributed by atoms with Gasteiger partial charge >= 0.3 is 5.97 Å². The smallest absolute Gasteiger partial charge is 0.317 e. The van der Waals surface area contributed by atoms with E-state index in [1.807, 2.05) is 27.7 Å². The SMILES string of the molecule is CC.CC.CNC(=O)C(CCC=O)Nc1ccc(C2CCN(CC(=O)O)CC2(F)F)c(F)c1. The van der Waals surface area contributed by atoms with Gasteiger partial charge < -0.3 is 20.5 Å². The average molecular weight is 476 g/mol. The summed E-state index contributed by atoms with van der Waals surface area (Å²) in [7, 11) is 1.43. The zero-order valence-electron chi connectivity index (χ0n) is 20.0. The molecule has 2 atom stereocenters. The van der Waals surface area contributed by atoms with Gasteiger partial charge in [-0.3, -0.25) is 14.5 Å². The molecule has 0 bridgehead atoms. The van der Waals surface area contributed by atoms with Gasteiger partial charge in [0.1, 0.15) is 18.1 Å². The van der Waals surface area contributed by atoms with E-state index in [1.165, 1.54) is 19.2 Å². The molecule has 3 N–H and O–H groups in total. The lowest BCUT2D eigenvalue weighted by molar-refractivity contribution is -0.142. The molecule has 2 rings (SSSR count). The predicted molar refractivity (Wildman–Crippen MR) is 122 cm³/mol. The van der Waals surface area contributed by atoms with E-state index in [0.29, 0.717) is 6.29 Å². The molecule has 1 heterocycles. The molecule has 1 amide bonds. The quantitative estimate of drug-likeness (QED) is 0.469. The summed E-state index contributed by atoms with van der Waals surface area (Å²) in [6, 6.07) is 2.95. The van der Waals surface area contributed by atoms with E-state index < -0.39 is 42.8 Å². The van der Waals surface area contributed by atoms with E-state index >= 15 is 0 Å². The number of benzene rings is 1. The number of carbonyl (C=O) groups is 3. The van der Waals surface area contributed by atoms with Gasteiger partial charge in [0.05, 0.1) is 19.0 Å². The maximum Gasteiger partial charge on any atom is 0.317 e. The van der Waals surface area contributed by atoms with Crippen molar-refractivity contribution in [1.29, 1.82) is 0 Å². The largest absolute Gasteiger partial charge is 0.480 e. The maximum absolute atomic E-state index is 14.6. The number of carboxylic acids is 1. The van der Waals surface area contributed by atoms with E-state index in [9.17, 15) is 27.6 Å². The molecule has 188 valence electrons. The molecule has 0 aliphatic carbocycles. The van der Waals surface area contributed by atoms with Gasteiger partial charge in [-0.1, -0.05) is 33.8 Å². The third kappa shape index (κ3) is 9.41. The van der Waals surface area contributed by atoms with Crippen molar-refractivity contribution in [3.63, 3.8) is 0 Å². The standard InChI is InChI=1S/C19H24F3N3O4.2C2H6/c1-23-18(29)16(3-2-8-26)24-12-4-5-13(15(20)9-12)14-6-7-25(10-17(27)28)11-19(14,21)22;2*1-2/h4-5,8-9,14,16,24H,2-3,6-7,10-11H2,1H3,(H,23,29)(H,27,28);2*1-2H3. The number of amides is 1. The van der Waals surface area contributed by atoms with Gasteiger partial charge in [-0.2, -0.15) is 0 Å². The number of halogens is 3. The zero-order chi connectivity index (χ0) is 25.6. The Morgan fingerprint density at radius 1 is 1.27 bits per heavy atom. The number of nitrogens with zero attached hydrogens (tertiary/aromatic N) is 1. The number of likely N-dealkylation sites (N-methyl/N-ethyl adjacent to an activating group) is 1. The number of aliphatic carboxylic acids is 1. The summed E-state index contributed by atoms with van der Waals surface area (Å²) < 4.78 is 43.7. The molecule has 1 aliphatic rings. The Morgan fingerprint density at radius 3 is 2.39 bits per heavy atom. The number of alkyl halides is 2. The van der Waals surface area contributed by atoms with Crippen molar-refractivity contribution in [3.8, 4) is 0 Å². The Labute approximate surface area is 193 Å². The molecule has 7 nitrogen and oxygen atoms in total. The molecule has 1 aliphatic heterocycles. The Balaban J connectivity index is 0.00000242.